The molecule has 0 aliphatic heterocycles. The number of aryl methyl sites for hydroxylation is 1. The number of hydrogen-bond donors (Lipinski definition) is 1. The van der Waals surface area contributed by atoms with Gasteiger partial charge in [0.05, 0.1) is 5.71 Å². The lowest BCUT2D eigenvalue weighted by Gasteiger charge is -2.17. The second-order valence-electron chi connectivity index (χ2n) is 7.72. The Bertz CT molecular complexity index is 977. The number of nitrogens with one attached hydrogen (secondary N) is 1. The highest BCUT2D eigenvalue weighted by Crippen LogP contribution is 2.38. The molecule has 0 spiro atoms. The molecule has 0 unspecified atom stereocenters. The first-order valence-corrected chi connectivity index (χ1v) is 9.60. The lowest BCUT2D eigenvalue weighted by atomic mass is 9.87. The van der Waals surface area contributed by atoms with Gasteiger partial charge in [-0.15, -0.1) is 0 Å². The van der Waals surface area contributed by atoms with Gasteiger partial charge >= 0.3 is 0 Å². The van der Waals surface area contributed by atoms with Gasteiger partial charge in [0.25, 0.3) is 5.91 Å². The van der Waals surface area contributed by atoms with Crippen LogP contribution in [0, 0.1) is 6.92 Å². The Morgan fingerprint density at radius 1 is 1.17 bits per heavy atom. The summed E-state index contributed by atoms with van der Waals surface area (Å²) in [4.78, 5) is 22.9. The molecule has 1 amide bonds. The molecule has 6 heteroatoms. The molecule has 0 atom stereocenters. The molecule has 0 aromatic heterocycles. The van der Waals surface area contributed by atoms with Gasteiger partial charge in [-0.05, 0) is 23.5 Å². The van der Waals surface area contributed by atoms with E-state index in [2.05, 4.69) is 47.7 Å². The van der Waals surface area contributed by atoms with E-state index in [0.29, 0.717) is 5.56 Å². The number of rotatable bonds is 6. The van der Waals surface area contributed by atoms with Gasteiger partial charge in [-0.2, -0.15) is 0 Å². The number of fused-ring (bicyclic) bond motifs is 1. The van der Waals surface area contributed by atoms with E-state index in [1.807, 2.05) is 31.2 Å². The summed E-state index contributed by atoms with van der Waals surface area (Å²) in [6, 6.07) is 14.0. The number of nitrogens with zero attached hydrogens (tertiary/aromatic N) is 2. The van der Waals surface area contributed by atoms with E-state index in [0.717, 1.165) is 28.8 Å². The minimum Gasteiger partial charge on any atom is -0.398 e. The van der Waals surface area contributed by atoms with E-state index in [-0.39, 0.29) is 23.6 Å². The van der Waals surface area contributed by atoms with Crippen LogP contribution < -0.4 is 5.32 Å². The summed E-state index contributed by atoms with van der Waals surface area (Å²) >= 11 is 0. The number of carbonyl (C=O) groups excluding carboxylic acids is 1. The quantitative estimate of drug-likeness (QED) is 0.601. The predicted molar refractivity (Wildman–Crippen MR) is 114 cm³/mol. The molecule has 0 saturated heterocycles. The number of likely N-dealkylation sites (N-methyl/N-ethyl adjacent to an activating group) is 1. The first-order chi connectivity index (χ1) is 13.9. The average Bonchev–Trinajstić information content (AvgIpc) is 2.97. The maximum atomic E-state index is 12.3. The maximum Gasteiger partial charge on any atom is 0.273 e. The van der Waals surface area contributed by atoms with Crippen LogP contribution in [0.15, 0.2) is 52.8 Å². The number of benzene rings is 2. The smallest absolute Gasteiger partial charge is 0.273 e. The Balaban J connectivity index is 1.88. The van der Waals surface area contributed by atoms with Gasteiger partial charge in [0.15, 0.2) is 5.71 Å². The van der Waals surface area contributed by atoms with Gasteiger partial charge in [0.2, 0.25) is 0 Å². The zero-order valence-electron chi connectivity index (χ0n) is 17.6. The van der Waals surface area contributed by atoms with Crippen LogP contribution in [-0.2, 0) is 26.5 Å². The van der Waals surface area contributed by atoms with Gasteiger partial charge in [-0.25, -0.2) is 0 Å². The average molecular weight is 393 g/mol. The Morgan fingerprint density at radius 3 is 2.66 bits per heavy atom. The van der Waals surface area contributed by atoms with E-state index >= 15 is 0 Å². The number of hydrogen-bond acceptors (Lipinski definition) is 5. The first-order valence-electron chi connectivity index (χ1n) is 9.60. The van der Waals surface area contributed by atoms with Crippen molar-refractivity contribution in [3.8, 4) is 0 Å². The minimum atomic E-state index is -0.323. The second-order valence-corrected chi connectivity index (χ2v) is 7.72. The third kappa shape index (κ3) is 4.16. The first kappa shape index (κ1) is 20.6. The van der Waals surface area contributed by atoms with Gasteiger partial charge in [0.1, 0.15) is 13.7 Å². The van der Waals surface area contributed by atoms with Crippen LogP contribution in [0.3, 0.4) is 0 Å². The normalized spacial score (nSPS) is 16.4. The Labute approximate surface area is 171 Å². The minimum absolute atomic E-state index is 0.0319. The van der Waals surface area contributed by atoms with Crippen LogP contribution >= 0.6 is 0 Å². The van der Waals surface area contributed by atoms with Gasteiger partial charge in [-0.1, -0.05) is 66.6 Å². The van der Waals surface area contributed by atoms with E-state index in [1.54, 1.807) is 7.05 Å². The van der Waals surface area contributed by atoms with Crippen molar-refractivity contribution in [2.45, 2.75) is 39.2 Å². The molecule has 1 N–H and O–H groups in total. The number of oxime groups is 2. The summed E-state index contributed by atoms with van der Waals surface area (Å²) in [5.74, 6) is -0.323. The molecule has 0 heterocycles. The Morgan fingerprint density at radius 2 is 1.93 bits per heavy atom. The molecule has 0 radical (unpaired) electrons. The zero-order valence-corrected chi connectivity index (χ0v) is 17.6. The lowest BCUT2D eigenvalue weighted by molar-refractivity contribution is -0.114. The topological polar surface area (TPSA) is 72.3 Å². The van der Waals surface area contributed by atoms with Crippen LogP contribution in [0.1, 0.15) is 48.1 Å². The highest BCUT2D eigenvalue weighted by molar-refractivity contribution is 6.45. The largest absolute Gasteiger partial charge is 0.398 e. The molecule has 1 aliphatic rings. The van der Waals surface area contributed by atoms with Crippen molar-refractivity contribution in [3.05, 3.63) is 70.3 Å². The molecular weight excluding hydrogens is 366 g/mol. The third-order valence-electron chi connectivity index (χ3n) is 5.25. The van der Waals surface area contributed by atoms with E-state index in [9.17, 15) is 4.79 Å². The van der Waals surface area contributed by atoms with Crippen molar-refractivity contribution < 1.29 is 14.5 Å². The van der Waals surface area contributed by atoms with Crippen LogP contribution in [0.4, 0.5) is 0 Å². The molecule has 6 nitrogen and oxygen atoms in total. The fourth-order valence-electron chi connectivity index (χ4n) is 3.73. The fourth-order valence-corrected chi connectivity index (χ4v) is 3.73. The zero-order chi connectivity index (χ0) is 21.0. The van der Waals surface area contributed by atoms with Crippen molar-refractivity contribution in [2.24, 2.45) is 10.3 Å². The number of carbonyl (C=O) groups is 1. The molecule has 1 aliphatic carbocycles. The fraction of sp³-hybridized carbons (Fsp3) is 0.348. The van der Waals surface area contributed by atoms with Crippen molar-refractivity contribution >= 4 is 17.3 Å². The molecule has 0 fully saturated rings. The predicted octanol–water partition coefficient (Wildman–Crippen LogP) is 3.69. The molecule has 3 rings (SSSR count). The van der Waals surface area contributed by atoms with Gasteiger partial charge < -0.3 is 15.0 Å². The van der Waals surface area contributed by atoms with Crippen LogP contribution in [0.25, 0.3) is 0 Å². The Kier molecular flexibility index (Phi) is 6.01. The van der Waals surface area contributed by atoms with E-state index in [4.69, 9.17) is 9.68 Å². The summed E-state index contributed by atoms with van der Waals surface area (Å²) in [5, 5.41) is 11.0. The van der Waals surface area contributed by atoms with Gasteiger partial charge in [0, 0.05) is 30.2 Å². The molecule has 0 bridgehead atoms. The second kappa shape index (κ2) is 8.47. The van der Waals surface area contributed by atoms with Crippen molar-refractivity contribution in [3.63, 3.8) is 0 Å². The standard InChI is InChI=1S/C23H27N3O3/c1-15-9-8-11-16(21(26-28-5)22(27)24-4)18(15)14-29-25-20-13-23(2,3)19-12-7-6-10-17(19)20/h6-12H,13-14H2,1-5H3,(H,24,27)/b25-20+,26-21+. The highest BCUT2D eigenvalue weighted by atomic mass is 16.6. The molecule has 2 aromatic carbocycles. The van der Waals surface area contributed by atoms with Gasteiger partial charge in [-0.3, -0.25) is 4.79 Å². The molecule has 0 saturated carbocycles. The summed E-state index contributed by atoms with van der Waals surface area (Å²) in [6.07, 6.45) is 0.821. The van der Waals surface area contributed by atoms with Crippen molar-refractivity contribution in [2.75, 3.05) is 14.2 Å². The van der Waals surface area contributed by atoms with E-state index < -0.39 is 0 Å². The highest BCUT2D eigenvalue weighted by Gasteiger charge is 2.34. The van der Waals surface area contributed by atoms with Crippen LogP contribution in [0.2, 0.25) is 0 Å². The van der Waals surface area contributed by atoms with Crippen molar-refractivity contribution in [1.29, 1.82) is 0 Å². The molecular formula is C23H27N3O3. The van der Waals surface area contributed by atoms with Crippen molar-refractivity contribution in [1.82, 2.24) is 5.32 Å². The van der Waals surface area contributed by atoms with Crippen LogP contribution in [-0.4, -0.2) is 31.5 Å². The molecule has 29 heavy (non-hydrogen) atoms. The lowest BCUT2D eigenvalue weighted by Crippen LogP contribution is -2.29. The van der Waals surface area contributed by atoms with E-state index in [1.165, 1.54) is 12.7 Å². The summed E-state index contributed by atoms with van der Waals surface area (Å²) in [6.45, 7) is 6.63. The third-order valence-corrected chi connectivity index (χ3v) is 5.25. The monoisotopic (exact) mass is 393 g/mol. The molecule has 152 valence electrons. The Hall–Kier alpha value is -3.15. The summed E-state index contributed by atoms with van der Waals surface area (Å²) in [5.41, 5.74) is 6.10. The molecule has 2 aromatic rings. The summed E-state index contributed by atoms with van der Waals surface area (Å²) < 4.78 is 0. The summed E-state index contributed by atoms with van der Waals surface area (Å²) in [7, 11) is 2.98. The SMILES string of the molecule is CNC(=O)/C(=N/OC)c1cccc(C)c1CO/N=C1\CC(C)(C)c2ccccc21. The van der Waals surface area contributed by atoms with Crippen LogP contribution in [0.5, 0.6) is 0 Å². The number of amides is 1. The maximum absolute atomic E-state index is 12.3.